The Bertz CT molecular complexity index is 393. The van der Waals surface area contributed by atoms with Gasteiger partial charge in [-0.2, -0.15) is 0 Å². The van der Waals surface area contributed by atoms with E-state index in [1.54, 1.807) is 12.1 Å². The summed E-state index contributed by atoms with van der Waals surface area (Å²) in [4.78, 5) is 2.78. The lowest BCUT2D eigenvalue weighted by Crippen LogP contribution is -1.93. The smallest absolute Gasteiger partial charge is 0.0443 e. The van der Waals surface area contributed by atoms with E-state index in [9.17, 15) is 0 Å². The van der Waals surface area contributed by atoms with Crippen molar-refractivity contribution in [1.29, 1.82) is 0 Å². The van der Waals surface area contributed by atoms with E-state index < -0.39 is 0 Å². The standard InChI is InChI=1S/C10H12ClN3/c1-6(2)10-7(3)9(13-14-12)5-4-8(10)11/h4-6H,1-3H3. The van der Waals surface area contributed by atoms with Crippen molar-refractivity contribution in [2.45, 2.75) is 26.7 Å². The lowest BCUT2D eigenvalue weighted by molar-refractivity contribution is 0.857. The Hall–Kier alpha value is -1.18. The van der Waals surface area contributed by atoms with E-state index in [0.29, 0.717) is 11.6 Å². The van der Waals surface area contributed by atoms with Crippen LogP contribution in [0.15, 0.2) is 17.2 Å². The number of halogens is 1. The molecule has 4 heteroatoms. The Morgan fingerprint density at radius 1 is 1.43 bits per heavy atom. The van der Waals surface area contributed by atoms with E-state index in [2.05, 4.69) is 23.9 Å². The van der Waals surface area contributed by atoms with E-state index in [0.717, 1.165) is 16.1 Å². The van der Waals surface area contributed by atoms with Gasteiger partial charge in [-0.3, -0.25) is 0 Å². The van der Waals surface area contributed by atoms with Crippen molar-refractivity contribution in [2.75, 3.05) is 0 Å². The largest absolute Gasteiger partial charge is 0.0840 e. The lowest BCUT2D eigenvalue weighted by atomic mass is 9.97. The van der Waals surface area contributed by atoms with Crippen molar-refractivity contribution >= 4 is 17.3 Å². The second kappa shape index (κ2) is 4.36. The predicted molar refractivity (Wildman–Crippen MR) is 59.1 cm³/mol. The molecule has 1 aromatic rings. The van der Waals surface area contributed by atoms with Crippen molar-refractivity contribution in [3.63, 3.8) is 0 Å². The monoisotopic (exact) mass is 209 g/mol. The summed E-state index contributed by atoms with van der Waals surface area (Å²) in [5.41, 5.74) is 11.0. The third kappa shape index (κ3) is 2.00. The van der Waals surface area contributed by atoms with Gasteiger partial charge in [-0.05, 0) is 35.6 Å². The molecular formula is C10H12ClN3. The van der Waals surface area contributed by atoms with E-state index in [4.69, 9.17) is 17.1 Å². The fourth-order valence-corrected chi connectivity index (χ4v) is 1.97. The molecule has 0 saturated carbocycles. The Morgan fingerprint density at radius 3 is 2.57 bits per heavy atom. The van der Waals surface area contributed by atoms with Crippen molar-refractivity contribution in [3.05, 3.63) is 38.7 Å². The molecule has 0 saturated heterocycles. The summed E-state index contributed by atoms with van der Waals surface area (Å²) in [5, 5.41) is 4.34. The number of nitrogens with zero attached hydrogens (tertiary/aromatic N) is 3. The second-order valence-corrected chi connectivity index (χ2v) is 3.86. The van der Waals surface area contributed by atoms with Gasteiger partial charge in [0.15, 0.2) is 0 Å². The molecular weight excluding hydrogens is 198 g/mol. The summed E-state index contributed by atoms with van der Waals surface area (Å²) >= 11 is 6.06. The molecule has 74 valence electrons. The average Bonchev–Trinajstić information content (AvgIpc) is 2.10. The highest BCUT2D eigenvalue weighted by Crippen LogP contribution is 2.33. The molecule has 0 aliphatic carbocycles. The van der Waals surface area contributed by atoms with Gasteiger partial charge in [-0.25, -0.2) is 0 Å². The minimum atomic E-state index is 0.330. The zero-order valence-corrected chi connectivity index (χ0v) is 9.21. The zero-order valence-electron chi connectivity index (χ0n) is 8.45. The Kier molecular flexibility index (Phi) is 3.39. The number of azide groups is 1. The van der Waals surface area contributed by atoms with E-state index in [-0.39, 0.29) is 0 Å². The Morgan fingerprint density at radius 2 is 2.07 bits per heavy atom. The van der Waals surface area contributed by atoms with Crippen LogP contribution in [-0.2, 0) is 0 Å². The van der Waals surface area contributed by atoms with Gasteiger partial charge in [-0.15, -0.1) is 0 Å². The van der Waals surface area contributed by atoms with Crippen LogP contribution < -0.4 is 0 Å². The zero-order chi connectivity index (χ0) is 10.7. The van der Waals surface area contributed by atoms with Crippen LogP contribution in [-0.4, -0.2) is 0 Å². The molecule has 14 heavy (non-hydrogen) atoms. The molecule has 0 bridgehead atoms. The summed E-state index contributed by atoms with van der Waals surface area (Å²) in [6, 6.07) is 3.51. The SMILES string of the molecule is Cc1c(N=[N+]=[N-])ccc(Cl)c1C(C)C. The van der Waals surface area contributed by atoms with Gasteiger partial charge in [0.25, 0.3) is 0 Å². The Labute approximate surface area is 88.3 Å². The van der Waals surface area contributed by atoms with Gasteiger partial charge in [0, 0.05) is 15.6 Å². The first-order valence-corrected chi connectivity index (χ1v) is 4.79. The molecule has 0 fully saturated rings. The van der Waals surface area contributed by atoms with Gasteiger partial charge >= 0.3 is 0 Å². The van der Waals surface area contributed by atoms with Crippen molar-refractivity contribution in [3.8, 4) is 0 Å². The van der Waals surface area contributed by atoms with Crippen molar-refractivity contribution in [2.24, 2.45) is 5.11 Å². The maximum atomic E-state index is 8.37. The number of benzene rings is 1. The molecule has 0 aliphatic rings. The molecule has 0 heterocycles. The highest BCUT2D eigenvalue weighted by Gasteiger charge is 2.10. The van der Waals surface area contributed by atoms with Crippen LogP contribution in [0.4, 0.5) is 5.69 Å². The topological polar surface area (TPSA) is 48.8 Å². The average molecular weight is 210 g/mol. The lowest BCUT2D eigenvalue weighted by Gasteiger charge is -2.13. The van der Waals surface area contributed by atoms with Crippen LogP contribution in [0.2, 0.25) is 5.02 Å². The van der Waals surface area contributed by atoms with Crippen LogP contribution >= 0.6 is 11.6 Å². The molecule has 0 spiro atoms. The maximum Gasteiger partial charge on any atom is 0.0443 e. The minimum absolute atomic E-state index is 0.330. The summed E-state index contributed by atoms with van der Waals surface area (Å²) < 4.78 is 0. The van der Waals surface area contributed by atoms with Gasteiger partial charge in [-0.1, -0.05) is 36.6 Å². The minimum Gasteiger partial charge on any atom is -0.0840 e. The molecule has 0 unspecified atom stereocenters. The molecule has 0 atom stereocenters. The van der Waals surface area contributed by atoms with Crippen LogP contribution in [0.25, 0.3) is 10.4 Å². The first-order chi connectivity index (χ1) is 6.57. The van der Waals surface area contributed by atoms with E-state index >= 15 is 0 Å². The summed E-state index contributed by atoms with van der Waals surface area (Å²) in [6.45, 7) is 6.05. The third-order valence-electron chi connectivity index (χ3n) is 2.16. The molecule has 3 nitrogen and oxygen atoms in total. The summed E-state index contributed by atoms with van der Waals surface area (Å²) in [6.07, 6.45) is 0. The van der Waals surface area contributed by atoms with Crippen LogP contribution in [0.3, 0.4) is 0 Å². The molecule has 0 aromatic heterocycles. The summed E-state index contributed by atoms with van der Waals surface area (Å²) in [7, 11) is 0. The molecule has 0 aliphatic heterocycles. The van der Waals surface area contributed by atoms with Gasteiger partial charge < -0.3 is 0 Å². The highest BCUT2D eigenvalue weighted by atomic mass is 35.5. The first kappa shape index (κ1) is 10.9. The molecule has 1 rings (SSSR count). The van der Waals surface area contributed by atoms with Gasteiger partial charge in [0.05, 0.1) is 0 Å². The normalized spacial score (nSPS) is 10.1. The summed E-state index contributed by atoms with van der Waals surface area (Å²) in [5.74, 6) is 0.330. The number of hydrogen-bond acceptors (Lipinski definition) is 1. The number of rotatable bonds is 2. The van der Waals surface area contributed by atoms with Crippen LogP contribution in [0.5, 0.6) is 0 Å². The van der Waals surface area contributed by atoms with Crippen molar-refractivity contribution < 1.29 is 0 Å². The van der Waals surface area contributed by atoms with E-state index in [1.165, 1.54) is 0 Å². The molecule has 0 radical (unpaired) electrons. The quantitative estimate of drug-likeness (QED) is 0.385. The van der Waals surface area contributed by atoms with E-state index in [1.807, 2.05) is 6.92 Å². The molecule has 1 aromatic carbocycles. The van der Waals surface area contributed by atoms with Gasteiger partial charge in [0.2, 0.25) is 0 Å². The fraction of sp³-hybridized carbons (Fsp3) is 0.400. The second-order valence-electron chi connectivity index (χ2n) is 3.45. The predicted octanol–water partition coefficient (Wildman–Crippen LogP) is 4.71. The third-order valence-corrected chi connectivity index (χ3v) is 2.49. The Balaban J connectivity index is 3.40. The number of hydrogen-bond donors (Lipinski definition) is 0. The van der Waals surface area contributed by atoms with Crippen LogP contribution in [0.1, 0.15) is 30.9 Å². The first-order valence-electron chi connectivity index (χ1n) is 4.42. The highest BCUT2D eigenvalue weighted by molar-refractivity contribution is 6.31. The molecule has 0 N–H and O–H groups in total. The van der Waals surface area contributed by atoms with Crippen LogP contribution in [0, 0.1) is 6.92 Å². The van der Waals surface area contributed by atoms with Gasteiger partial charge in [0.1, 0.15) is 0 Å². The maximum absolute atomic E-state index is 8.37. The van der Waals surface area contributed by atoms with Crippen molar-refractivity contribution in [1.82, 2.24) is 0 Å². The molecule has 0 amide bonds. The fourth-order valence-electron chi connectivity index (χ4n) is 1.55.